The first-order valence-electron chi connectivity index (χ1n) is 7.10. The molecule has 1 heterocycles. The molecule has 3 rings (SSSR count). The van der Waals surface area contributed by atoms with Crippen LogP contribution >= 0.6 is 11.6 Å². The van der Waals surface area contributed by atoms with Crippen molar-refractivity contribution in [2.24, 2.45) is 0 Å². The summed E-state index contributed by atoms with van der Waals surface area (Å²) in [7, 11) is 0. The number of hydrogen-bond donors (Lipinski definition) is 2. The molecule has 1 aliphatic heterocycles. The van der Waals surface area contributed by atoms with Gasteiger partial charge in [0.15, 0.2) is 0 Å². The van der Waals surface area contributed by atoms with Gasteiger partial charge in [0.05, 0.1) is 13.2 Å². The maximum absolute atomic E-state index is 9.03. The molecule has 21 heavy (non-hydrogen) atoms. The Morgan fingerprint density at radius 2 is 1.86 bits per heavy atom. The van der Waals surface area contributed by atoms with Crippen molar-refractivity contribution in [1.82, 2.24) is 5.32 Å². The van der Waals surface area contributed by atoms with E-state index in [1.807, 2.05) is 36.4 Å². The van der Waals surface area contributed by atoms with E-state index in [4.69, 9.17) is 21.4 Å². The summed E-state index contributed by atoms with van der Waals surface area (Å²) in [5, 5.41) is 13.2. The predicted octanol–water partition coefficient (Wildman–Crippen LogP) is 3.06. The molecular weight excluding hydrogens is 286 g/mol. The summed E-state index contributed by atoms with van der Waals surface area (Å²) in [5.41, 5.74) is 4.43. The van der Waals surface area contributed by atoms with Crippen LogP contribution in [0, 0.1) is 0 Å². The number of nitrogens with one attached hydrogen (secondary N) is 1. The van der Waals surface area contributed by atoms with E-state index in [0.29, 0.717) is 0 Å². The zero-order valence-electron chi connectivity index (χ0n) is 11.7. The zero-order chi connectivity index (χ0) is 14.7. The molecule has 0 fully saturated rings. The topological polar surface area (TPSA) is 41.5 Å². The molecule has 0 atom stereocenters. The number of ether oxygens (including phenoxy) is 1. The Labute approximate surface area is 129 Å². The van der Waals surface area contributed by atoms with E-state index in [1.54, 1.807) is 0 Å². The van der Waals surface area contributed by atoms with Crippen LogP contribution in [0.1, 0.15) is 22.3 Å². The first-order valence-corrected chi connectivity index (χ1v) is 7.47. The molecule has 0 saturated heterocycles. The number of rotatable bonds is 5. The molecule has 4 heteroatoms. The highest BCUT2D eigenvalue weighted by Gasteiger charge is 2.17. The van der Waals surface area contributed by atoms with E-state index in [9.17, 15) is 0 Å². The Hall–Kier alpha value is -1.55. The zero-order valence-corrected chi connectivity index (χ0v) is 12.5. The minimum absolute atomic E-state index is 0.0830. The van der Waals surface area contributed by atoms with Crippen molar-refractivity contribution in [2.45, 2.75) is 26.1 Å². The average Bonchev–Trinajstić information content (AvgIpc) is 2.96. The van der Waals surface area contributed by atoms with Crippen LogP contribution in [-0.4, -0.2) is 11.7 Å². The van der Waals surface area contributed by atoms with Gasteiger partial charge in [0.2, 0.25) is 0 Å². The van der Waals surface area contributed by atoms with Gasteiger partial charge in [-0.15, -0.1) is 0 Å². The van der Waals surface area contributed by atoms with Crippen LogP contribution in [0.15, 0.2) is 36.4 Å². The minimum atomic E-state index is 0.0830. The summed E-state index contributed by atoms with van der Waals surface area (Å²) >= 11 is 6.15. The van der Waals surface area contributed by atoms with Crippen LogP contribution in [0.2, 0.25) is 5.02 Å². The van der Waals surface area contributed by atoms with Crippen LogP contribution in [0.5, 0.6) is 5.75 Å². The molecule has 0 aliphatic carbocycles. The Morgan fingerprint density at radius 3 is 2.62 bits per heavy atom. The number of benzene rings is 2. The van der Waals surface area contributed by atoms with Gasteiger partial charge in [-0.25, -0.2) is 0 Å². The fourth-order valence-corrected chi connectivity index (χ4v) is 2.84. The first-order chi connectivity index (χ1) is 10.3. The monoisotopic (exact) mass is 303 g/mol. The summed E-state index contributed by atoms with van der Waals surface area (Å²) in [6.45, 7) is 2.32. The summed E-state index contributed by atoms with van der Waals surface area (Å²) in [6, 6.07) is 11.9. The van der Waals surface area contributed by atoms with Crippen LogP contribution in [0.4, 0.5) is 0 Å². The molecule has 0 aromatic heterocycles. The van der Waals surface area contributed by atoms with Gasteiger partial charge in [-0.2, -0.15) is 0 Å². The average molecular weight is 304 g/mol. The smallest absolute Gasteiger partial charge is 0.127 e. The molecule has 110 valence electrons. The molecule has 0 amide bonds. The summed E-state index contributed by atoms with van der Waals surface area (Å²) < 4.78 is 5.69. The molecule has 0 radical (unpaired) electrons. The molecular formula is C17H18ClNO2. The van der Waals surface area contributed by atoms with Gasteiger partial charge in [-0.05, 0) is 28.8 Å². The molecule has 2 aromatic rings. The van der Waals surface area contributed by atoms with Crippen molar-refractivity contribution < 1.29 is 9.84 Å². The van der Waals surface area contributed by atoms with Crippen molar-refractivity contribution in [3.63, 3.8) is 0 Å². The number of hydrogen-bond acceptors (Lipinski definition) is 3. The second-order valence-corrected chi connectivity index (χ2v) is 5.67. The lowest BCUT2D eigenvalue weighted by Gasteiger charge is -2.10. The quantitative estimate of drug-likeness (QED) is 0.892. The van der Waals surface area contributed by atoms with Gasteiger partial charge < -0.3 is 15.2 Å². The Bertz CT molecular complexity index is 625. The number of fused-ring (bicyclic) bond motifs is 1. The number of aliphatic hydroxyl groups excluding tert-OH is 1. The standard InChI is InChI=1S/C17H18ClNO2/c18-16-7-14-5-6-21-17(14)15(8-16)10-19-9-12-1-3-13(11-20)4-2-12/h1-4,7-8,19-20H,5-6,9-11H2. The van der Waals surface area contributed by atoms with Gasteiger partial charge in [0, 0.05) is 30.1 Å². The highest BCUT2D eigenvalue weighted by molar-refractivity contribution is 6.30. The maximum Gasteiger partial charge on any atom is 0.127 e. The highest BCUT2D eigenvalue weighted by atomic mass is 35.5. The van der Waals surface area contributed by atoms with E-state index >= 15 is 0 Å². The van der Waals surface area contributed by atoms with E-state index < -0.39 is 0 Å². The Balaban J connectivity index is 1.63. The normalized spacial score (nSPS) is 13.0. The van der Waals surface area contributed by atoms with Crippen molar-refractivity contribution in [2.75, 3.05) is 6.61 Å². The van der Waals surface area contributed by atoms with Gasteiger partial charge >= 0.3 is 0 Å². The molecule has 2 N–H and O–H groups in total. The third-order valence-electron chi connectivity index (χ3n) is 3.68. The molecule has 0 unspecified atom stereocenters. The van der Waals surface area contributed by atoms with Gasteiger partial charge in [-0.1, -0.05) is 35.9 Å². The highest BCUT2D eigenvalue weighted by Crippen LogP contribution is 2.32. The maximum atomic E-state index is 9.03. The van der Waals surface area contributed by atoms with Gasteiger partial charge in [0.25, 0.3) is 0 Å². The van der Waals surface area contributed by atoms with Crippen molar-refractivity contribution in [3.8, 4) is 5.75 Å². The van der Waals surface area contributed by atoms with E-state index in [0.717, 1.165) is 48.0 Å². The molecule has 2 aromatic carbocycles. The number of halogens is 1. The van der Waals surface area contributed by atoms with Crippen molar-refractivity contribution in [1.29, 1.82) is 0 Å². The van der Waals surface area contributed by atoms with E-state index in [-0.39, 0.29) is 6.61 Å². The molecule has 3 nitrogen and oxygen atoms in total. The third kappa shape index (κ3) is 3.38. The Kier molecular flexibility index (Phi) is 4.44. The minimum Gasteiger partial charge on any atom is -0.493 e. The molecule has 0 bridgehead atoms. The van der Waals surface area contributed by atoms with Crippen LogP contribution in [-0.2, 0) is 26.1 Å². The van der Waals surface area contributed by atoms with Crippen LogP contribution < -0.4 is 10.1 Å². The fraction of sp³-hybridized carbons (Fsp3) is 0.294. The number of aliphatic hydroxyl groups is 1. The summed E-state index contributed by atoms with van der Waals surface area (Å²) in [5.74, 6) is 0.988. The third-order valence-corrected chi connectivity index (χ3v) is 3.89. The van der Waals surface area contributed by atoms with Gasteiger partial charge in [-0.3, -0.25) is 0 Å². The molecule has 1 aliphatic rings. The predicted molar refractivity (Wildman–Crippen MR) is 83.6 cm³/mol. The van der Waals surface area contributed by atoms with Crippen molar-refractivity contribution >= 4 is 11.6 Å². The lowest BCUT2D eigenvalue weighted by atomic mass is 10.1. The molecule has 0 saturated carbocycles. The second kappa shape index (κ2) is 6.48. The first kappa shape index (κ1) is 14.4. The fourth-order valence-electron chi connectivity index (χ4n) is 2.58. The van der Waals surface area contributed by atoms with Crippen LogP contribution in [0.25, 0.3) is 0 Å². The van der Waals surface area contributed by atoms with Crippen molar-refractivity contribution in [3.05, 3.63) is 63.7 Å². The van der Waals surface area contributed by atoms with Crippen LogP contribution in [0.3, 0.4) is 0 Å². The van der Waals surface area contributed by atoms with E-state index in [1.165, 1.54) is 11.1 Å². The molecule has 0 spiro atoms. The Morgan fingerprint density at radius 1 is 1.10 bits per heavy atom. The summed E-state index contributed by atoms with van der Waals surface area (Å²) in [6.07, 6.45) is 0.936. The van der Waals surface area contributed by atoms with Gasteiger partial charge in [0.1, 0.15) is 5.75 Å². The lowest BCUT2D eigenvalue weighted by Crippen LogP contribution is -2.13. The largest absolute Gasteiger partial charge is 0.493 e. The lowest BCUT2D eigenvalue weighted by molar-refractivity contribution is 0.282. The second-order valence-electron chi connectivity index (χ2n) is 5.23. The summed E-state index contributed by atoms with van der Waals surface area (Å²) in [4.78, 5) is 0. The SMILES string of the molecule is OCc1ccc(CNCc2cc(Cl)cc3c2OCC3)cc1. The van der Waals surface area contributed by atoms with E-state index in [2.05, 4.69) is 5.32 Å².